The van der Waals surface area contributed by atoms with E-state index in [2.05, 4.69) is 20.9 Å². The van der Waals surface area contributed by atoms with E-state index in [0.717, 1.165) is 18.4 Å². The molecule has 1 aliphatic carbocycles. The van der Waals surface area contributed by atoms with E-state index in [9.17, 15) is 9.59 Å². The van der Waals surface area contributed by atoms with Crippen molar-refractivity contribution in [1.82, 2.24) is 20.9 Å². The zero-order chi connectivity index (χ0) is 16.1. The summed E-state index contributed by atoms with van der Waals surface area (Å²) in [6.07, 6.45) is 7.93. The molecule has 0 bridgehead atoms. The van der Waals surface area contributed by atoms with Gasteiger partial charge >= 0.3 is 6.03 Å². The summed E-state index contributed by atoms with van der Waals surface area (Å²) in [7, 11) is 0. The minimum Gasteiger partial charge on any atom is -0.474 e. The van der Waals surface area contributed by atoms with Crippen LogP contribution in [-0.4, -0.2) is 35.6 Å². The highest BCUT2D eigenvalue weighted by atomic mass is 16.5. The Morgan fingerprint density at radius 2 is 2.13 bits per heavy atom. The first-order chi connectivity index (χ1) is 11.2. The molecule has 124 valence electrons. The van der Waals surface area contributed by atoms with Crippen LogP contribution in [0.2, 0.25) is 0 Å². The van der Waals surface area contributed by atoms with Crippen molar-refractivity contribution < 1.29 is 14.3 Å². The summed E-state index contributed by atoms with van der Waals surface area (Å²) in [5.41, 5.74) is 0.895. The summed E-state index contributed by atoms with van der Waals surface area (Å²) in [6, 6.07) is 2.92. The number of carbonyl (C=O) groups excluding carboxylic acids is 2. The first-order valence-electron chi connectivity index (χ1n) is 8.14. The fraction of sp³-hybridized carbons (Fsp3) is 0.562. The molecular formula is C16H22N4O3. The lowest BCUT2D eigenvalue weighted by molar-refractivity contribution is -0.122. The summed E-state index contributed by atoms with van der Waals surface area (Å²) < 4.78 is 5.87. The molecule has 1 saturated heterocycles. The number of rotatable bonds is 5. The molecule has 3 rings (SSSR count). The van der Waals surface area contributed by atoms with Crippen LogP contribution in [0, 0.1) is 0 Å². The van der Waals surface area contributed by atoms with E-state index < -0.39 is 6.04 Å². The van der Waals surface area contributed by atoms with Crippen LogP contribution >= 0.6 is 0 Å². The van der Waals surface area contributed by atoms with Crippen LogP contribution in [0.4, 0.5) is 4.79 Å². The molecular weight excluding hydrogens is 296 g/mol. The second kappa shape index (κ2) is 7.30. The fourth-order valence-corrected chi connectivity index (χ4v) is 2.86. The molecule has 7 nitrogen and oxygen atoms in total. The summed E-state index contributed by atoms with van der Waals surface area (Å²) >= 11 is 0. The number of amides is 3. The predicted molar refractivity (Wildman–Crippen MR) is 83.9 cm³/mol. The summed E-state index contributed by atoms with van der Waals surface area (Å²) in [5.74, 6) is 0.435. The Kier molecular flexibility index (Phi) is 4.95. The van der Waals surface area contributed by atoms with Gasteiger partial charge in [0.15, 0.2) is 0 Å². The van der Waals surface area contributed by atoms with Gasteiger partial charge in [0.2, 0.25) is 11.8 Å². The van der Waals surface area contributed by atoms with Crippen LogP contribution in [0.5, 0.6) is 5.88 Å². The highest BCUT2D eigenvalue weighted by Crippen LogP contribution is 2.22. The minimum atomic E-state index is -0.510. The predicted octanol–water partition coefficient (Wildman–Crippen LogP) is 1.09. The van der Waals surface area contributed by atoms with E-state index in [4.69, 9.17) is 4.74 Å². The van der Waals surface area contributed by atoms with Gasteiger partial charge in [0.1, 0.15) is 12.1 Å². The first-order valence-corrected chi connectivity index (χ1v) is 8.14. The lowest BCUT2D eigenvalue weighted by atomic mass is 9.98. The van der Waals surface area contributed by atoms with Gasteiger partial charge in [0, 0.05) is 25.4 Å². The van der Waals surface area contributed by atoms with E-state index in [1.54, 1.807) is 6.20 Å². The lowest BCUT2D eigenvalue weighted by Gasteiger charge is -2.22. The zero-order valence-corrected chi connectivity index (χ0v) is 13.0. The molecule has 23 heavy (non-hydrogen) atoms. The maximum absolute atomic E-state index is 11.9. The third kappa shape index (κ3) is 4.34. The summed E-state index contributed by atoms with van der Waals surface area (Å²) in [6.45, 7) is 0.693. The third-order valence-electron chi connectivity index (χ3n) is 4.19. The first kappa shape index (κ1) is 15.6. The SMILES string of the molecule is O=C1NCC(C(=O)NCc2ccc(OC3CCCCC3)nc2)N1. The lowest BCUT2D eigenvalue weighted by Crippen LogP contribution is -2.42. The molecule has 7 heteroatoms. The Morgan fingerprint density at radius 1 is 1.30 bits per heavy atom. The van der Waals surface area contributed by atoms with Gasteiger partial charge < -0.3 is 20.7 Å². The van der Waals surface area contributed by atoms with Gasteiger partial charge in [-0.25, -0.2) is 9.78 Å². The van der Waals surface area contributed by atoms with Crippen molar-refractivity contribution in [3.63, 3.8) is 0 Å². The van der Waals surface area contributed by atoms with Crippen molar-refractivity contribution >= 4 is 11.9 Å². The average molecular weight is 318 g/mol. The number of urea groups is 1. The van der Waals surface area contributed by atoms with Crippen molar-refractivity contribution in [2.75, 3.05) is 6.54 Å². The van der Waals surface area contributed by atoms with Gasteiger partial charge in [-0.05, 0) is 31.2 Å². The molecule has 1 aromatic heterocycles. The summed E-state index contributed by atoms with van der Waals surface area (Å²) in [5, 5.41) is 7.89. The molecule has 0 radical (unpaired) electrons. The number of hydrogen-bond donors (Lipinski definition) is 3. The number of nitrogens with zero attached hydrogens (tertiary/aromatic N) is 1. The van der Waals surface area contributed by atoms with Gasteiger partial charge in [-0.1, -0.05) is 12.5 Å². The Hall–Kier alpha value is -2.31. The summed E-state index contributed by atoms with van der Waals surface area (Å²) in [4.78, 5) is 27.2. The molecule has 1 atom stereocenters. The molecule has 2 heterocycles. The van der Waals surface area contributed by atoms with Crippen LogP contribution in [-0.2, 0) is 11.3 Å². The molecule has 3 amide bonds. The van der Waals surface area contributed by atoms with Crippen LogP contribution in [0.25, 0.3) is 0 Å². The maximum atomic E-state index is 11.9. The van der Waals surface area contributed by atoms with Crippen molar-refractivity contribution in [1.29, 1.82) is 0 Å². The van der Waals surface area contributed by atoms with Crippen molar-refractivity contribution in [2.24, 2.45) is 0 Å². The molecule has 0 aromatic carbocycles. The molecule has 2 fully saturated rings. The second-order valence-electron chi connectivity index (χ2n) is 6.01. The fourth-order valence-electron chi connectivity index (χ4n) is 2.86. The number of hydrogen-bond acceptors (Lipinski definition) is 4. The molecule has 0 spiro atoms. The quantitative estimate of drug-likeness (QED) is 0.758. The minimum absolute atomic E-state index is 0.203. The molecule has 3 N–H and O–H groups in total. The standard InChI is InChI=1S/C16H22N4O3/c21-15(13-10-19-16(22)20-13)18-9-11-6-7-14(17-8-11)23-12-4-2-1-3-5-12/h6-8,12-13H,1-5,9-10H2,(H,18,21)(H2,19,20,22). The van der Waals surface area contributed by atoms with E-state index in [-0.39, 0.29) is 18.0 Å². The zero-order valence-electron chi connectivity index (χ0n) is 13.0. The molecule has 1 aliphatic heterocycles. The topological polar surface area (TPSA) is 92.4 Å². The van der Waals surface area contributed by atoms with Crippen LogP contribution < -0.4 is 20.7 Å². The van der Waals surface area contributed by atoms with Gasteiger partial charge in [0.05, 0.1) is 0 Å². The average Bonchev–Trinajstić information content (AvgIpc) is 3.01. The monoisotopic (exact) mass is 318 g/mol. The van der Waals surface area contributed by atoms with E-state index in [0.29, 0.717) is 19.0 Å². The van der Waals surface area contributed by atoms with E-state index >= 15 is 0 Å². The van der Waals surface area contributed by atoms with Crippen molar-refractivity contribution in [2.45, 2.75) is 50.8 Å². The van der Waals surface area contributed by atoms with Crippen molar-refractivity contribution in [3.05, 3.63) is 23.9 Å². The normalized spacial score (nSPS) is 21.4. The van der Waals surface area contributed by atoms with Gasteiger partial charge in [0.25, 0.3) is 0 Å². The highest BCUT2D eigenvalue weighted by Gasteiger charge is 2.26. The molecule has 1 saturated carbocycles. The van der Waals surface area contributed by atoms with E-state index in [1.165, 1.54) is 19.3 Å². The third-order valence-corrected chi connectivity index (χ3v) is 4.19. The van der Waals surface area contributed by atoms with Gasteiger partial charge in [-0.3, -0.25) is 4.79 Å². The highest BCUT2D eigenvalue weighted by molar-refractivity contribution is 5.90. The Labute approximate surface area is 135 Å². The van der Waals surface area contributed by atoms with Crippen molar-refractivity contribution in [3.8, 4) is 5.88 Å². The number of ether oxygens (including phenoxy) is 1. The molecule has 2 aliphatic rings. The Morgan fingerprint density at radius 3 is 2.78 bits per heavy atom. The largest absolute Gasteiger partial charge is 0.474 e. The van der Waals surface area contributed by atoms with Gasteiger partial charge in [-0.15, -0.1) is 0 Å². The number of nitrogens with one attached hydrogen (secondary N) is 3. The van der Waals surface area contributed by atoms with Gasteiger partial charge in [-0.2, -0.15) is 0 Å². The Bertz CT molecular complexity index is 555. The number of carbonyl (C=O) groups is 2. The smallest absolute Gasteiger partial charge is 0.315 e. The number of pyridine rings is 1. The van der Waals surface area contributed by atoms with Crippen LogP contribution in [0.1, 0.15) is 37.7 Å². The molecule has 1 aromatic rings. The molecule has 1 unspecified atom stereocenters. The maximum Gasteiger partial charge on any atom is 0.315 e. The van der Waals surface area contributed by atoms with E-state index in [1.807, 2.05) is 12.1 Å². The van der Waals surface area contributed by atoms with Crippen LogP contribution in [0.15, 0.2) is 18.3 Å². The second-order valence-corrected chi connectivity index (χ2v) is 6.01. The number of aromatic nitrogens is 1. The Balaban J connectivity index is 1.45. The van der Waals surface area contributed by atoms with Crippen LogP contribution in [0.3, 0.4) is 0 Å².